The summed E-state index contributed by atoms with van der Waals surface area (Å²) in [5.41, 5.74) is 0. The van der Waals surface area contributed by atoms with E-state index in [1.54, 1.807) is 0 Å². The first kappa shape index (κ1) is 18.0. The topological polar surface area (TPSA) is 93.2 Å². The summed E-state index contributed by atoms with van der Waals surface area (Å²) in [5, 5.41) is 2.14. The maximum Gasteiger partial charge on any atom is 0.351 e. The van der Waals surface area contributed by atoms with Crippen LogP contribution in [0.3, 0.4) is 0 Å². The fourth-order valence-corrected chi connectivity index (χ4v) is 4.77. The molecule has 0 aromatic heterocycles. The molecule has 0 bridgehead atoms. The summed E-state index contributed by atoms with van der Waals surface area (Å²) in [4.78, 5) is -3.26. The molecule has 0 amide bonds. The van der Waals surface area contributed by atoms with E-state index in [1.807, 2.05) is 0 Å². The Morgan fingerprint density at radius 1 is 0.682 bits per heavy atom. The van der Waals surface area contributed by atoms with Crippen LogP contribution in [0.25, 0.3) is 0 Å². The molecule has 130 valence electrons. The monoisotopic (exact) mass is 360 g/mol. The van der Waals surface area contributed by atoms with Gasteiger partial charge in [0.2, 0.25) is 0 Å². The number of piperidine rings is 2. The van der Waals surface area contributed by atoms with Crippen LogP contribution in [0.2, 0.25) is 0 Å². The highest BCUT2D eigenvalue weighted by Crippen LogP contribution is 2.21. The number of hydroxylamine groups is 4. The molecular formula is C11H21FN2O6S2. The highest BCUT2D eigenvalue weighted by molar-refractivity contribution is 8.04. The van der Waals surface area contributed by atoms with Crippen LogP contribution >= 0.6 is 0 Å². The third-order valence-electron chi connectivity index (χ3n) is 3.50. The zero-order chi connectivity index (χ0) is 16.2. The van der Waals surface area contributed by atoms with Crippen LogP contribution in [0, 0.1) is 0 Å². The lowest BCUT2D eigenvalue weighted by molar-refractivity contribution is -0.0728. The quantitative estimate of drug-likeness (QED) is 0.684. The Morgan fingerprint density at radius 2 is 1.00 bits per heavy atom. The molecule has 0 saturated carbocycles. The summed E-state index contributed by atoms with van der Waals surface area (Å²) >= 11 is 0. The number of hydrogen-bond acceptors (Lipinski definition) is 8. The van der Waals surface area contributed by atoms with Crippen LogP contribution in [0.5, 0.6) is 0 Å². The van der Waals surface area contributed by atoms with Crippen molar-refractivity contribution in [1.29, 1.82) is 0 Å². The molecule has 22 heavy (non-hydrogen) atoms. The summed E-state index contributed by atoms with van der Waals surface area (Å²) < 4.78 is 70.2. The van der Waals surface area contributed by atoms with Crippen molar-refractivity contribution >= 4 is 20.2 Å². The van der Waals surface area contributed by atoms with E-state index in [0.29, 0.717) is 51.9 Å². The van der Waals surface area contributed by atoms with E-state index in [-0.39, 0.29) is 0 Å². The van der Waals surface area contributed by atoms with Gasteiger partial charge in [-0.1, -0.05) is 12.8 Å². The normalized spacial score (nSPS) is 23.0. The largest absolute Gasteiger partial charge is 0.351 e. The molecule has 0 aromatic carbocycles. The van der Waals surface area contributed by atoms with Gasteiger partial charge in [-0.25, -0.2) is 4.39 Å². The van der Waals surface area contributed by atoms with E-state index in [4.69, 9.17) is 0 Å². The van der Waals surface area contributed by atoms with Gasteiger partial charge in [0.15, 0.2) is 0 Å². The van der Waals surface area contributed by atoms with Crippen molar-refractivity contribution in [3.63, 3.8) is 0 Å². The Bertz CT molecular complexity index is 505. The van der Waals surface area contributed by atoms with Crippen LogP contribution in [-0.4, -0.2) is 58.0 Å². The second-order valence-corrected chi connectivity index (χ2v) is 8.78. The highest BCUT2D eigenvalue weighted by atomic mass is 32.3. The predicted octanol–water partition coefficient (Wildman–Crippen LogP) is 0.734. The maximum atomic E-state index is 14.0. The van der Waals surface area contributed by atoms with Crippen molar-refractivity contribution in [3.8, 4) is 0 Å². The highest BCUT2D eigenvalue weighted by Gasteiger charge is 2.43. The van der Waals surface area contributed by atoms with Crippen LogP contribution in [-0.2, 0) is 28.8 Å². The van der Waals surface area contributed by atoms with Gasteiger partial charge in [0.25, 0.3) is 0 Å². The lowest BCUT2D eigenvalue weighted by atomic mass is 10.2. The average Bonchev–Trinajstić information content (AvgIpc) is 2.47. The number of halogens is 1. The summed E-state index contributed by atoms with van der Waals surface area (Å²) in [6.07, 6.45) is 4.70. The molecule has 2 fully saturated rings. The van der Waals surface area contributed by atoms with E-state index in [1.165, 1.54) is 0 Å². The minimum Gasteiger partial charge on any atom is -0.206 e. The molecular weight excluding hydrogens is 339 g/mol. The molecule has 0 aliphatic carbocycles. The molecule has 0 spiro atoms. The Labute approximate surface area is 130 Å². The van der Waals surface area contributed by atoms with Gasteiger partial charge in [0, 0.05) is 26.2 Å². The molecule has 0 unspecified atom stereocenters. The second kappa shape index (κ2) is 7.49. The predicted molar refractivity (Wildman–Crippen MR) is 75.8 cm³/mol. The number of nitrogens with zero attached hydrogens (tertiary/aromatic N) is 2. The van der Waals surface area contributed by atoms with Crippen LogP contribution in [0.4, 0.5) is 4.39 Å². The van der Waals surface area contributed by atoms with Gasteiger partial charge in [0.05, 0.1) is 0 Å². The molecule has 2 saturated heterocycles. The van der Waals surface area contributed by atoms with Gasteiger partial charge < -0.3 is 0 Å². The molecule has 0 radical (unpaired) electrons. The van der Waals surface area contributed by atoms with Crippen molar-refractivity contribution in [2.45, 2.75) is 43.4 Å². The zero-order valence-electron chi connectivity index (χ0n) is 12.2. The van der Waals surface area contributed by atoms with E-state index in [2.05, 4.69) is 8.57 Å². The second-order valence-electron chi connectivity index (χ2n) is 5.39. The molecule has 2 heterocycles. The lowest BCUT2D eigenvalue weighted by Gasteiger charge is -2.27. The zero-order valence-corrected chi connectivity index (χ0v) is 13.8. The van der Waals surface area contributed by atoms with E-state index >= 15 is 0 Å². The van der Waals surface area contributed by atoms with Crippen molar-refractivity contribution < 1.29 is 29.8 Å². The molecule has 2 rings (SSSR count). The van der Waals surface area contributed by atoms with Crippen molar-refractivity contribution in [2.24, 2.45) is 0 Å². The van der Waals surface area contributed by atoms with E-state index in [9.17, 15) is 21.2 Å². The molecule has 11 heteroatoms. The van der Waals surface area contributed by atoms with Crippen molar-refractivity contribution in [1.82, 2.24) is 10.1 Å². The van der Waals surface area contributed by atoms with Crippen LogP contribution in [0.1, 0.15) is 38.5 Å². The first-order valence-electron chi connectivity index (χ1n) is 7.32. The number of alkyl halides is 1. The lowest BCUT2D eigenvalue weighted by Crippen LogP contribution is -2.41. The van der Waals surface area contributed by atoms with Gasteiger partial charge in [-0.15, -0.1) is 0 Å². The molecule has 2 aliphatic heterocycles. The Kier molecular flexibility index (Phi) is 6.14. The van der Waals surface area contributed by atoms with Crippen molar-refractivity contribution in [3.05, 3.63) is 0 Å². The fraction of sp³-hybridized carbons (Fsp3) is 1.00. The first-order chi connectivity index (χ1) is 10.3. The maximum absolute atomic E-state index is 14.0. The standard InChI is InChI=1S/C11H21FN2O6S2/c12-11(21(15,16)19-13-7-3-1-4-8-13)22(17,18)20-14-9-5-2-6-10-14/h11H,1-10H2. The third-order valence-corrected chi connectivity index (χ3v) is 6.66. The Morgan fingerprint density at radius 3 is 1.32 bits per heavy atom. The fourth-order valence-electron chi connectivity index (χ4n) is 2.38. The van der Waals surface area contributed by atoms with Gasteiger partial charge in [-0.05, 0) is 25.7 Å². The Hall–Kier alpha value is -0.330. The summed E-state index contributed by atoms with van der Waals surface area (Å²) in [7, 11) is -9.90. The minimum absolute atomic E-state index is 0.318. The smallest absolute Gasteiger partial charge is 0.206 e. The number of hydrogen-bond donors (Lipinski definition) is 0. The van der Waals surface area contributed by atoms with E-state index < -0.39 is 25.1 Å². The third kappa shape index (κ3) is 4.83. The SMILES string of the molecule is O=S(=O)(ON1CCCCC1)C(F)S(=O)(=O)ON1CCCCC1. The van der Waals surface area contributed by atoms with Gasteiger partial charge in [-0.3, -0.25) is 0 Å². The van der Waals surface area contributed by atoms with Crippen LogP contribution < -0.4 is 0 Å². The van der Waals surface area contributed by atoms with Crippen molar-refractivity contribution in [2.75, 3.05) is 26.2 Å². The first-order valence-corrected chi connectivity index (χ1v) is 10.3. The van der Waals surface area contributed by atoms with Gasteiger partial charge in [-0.2, -0.15) is 35.5 Å². The molecule has 0 aromatic rings. The molecule has 2 aliphatic rings. The summed E-state index contributed by atoms with van der Waals surface area (Å²) in [6.45, 7) is 1.27. The Balaban J connectivity index is 1.98. The van der Waals surface area contributed by atoms with Gasteiger partial charge in [0.1, 0.15) is 0 Å². The summed E-state index contributed by atoms with van der Waals surface area (Å²) in [6, 6.07) is 0. The summed E-state index contributed by atoms with van der Waals surface area (Å²) in [5.74, 6) is 0. The molecule has 0 N–H and O–H groups in total. The minimum atomic E-state index is -4.95. The van der Waals surface area contributed by atoms with E-state index in [0.717, 1.165) is 23.0 Å². The number of rotatable bonds is 6. The van der Waals surface area contributed by atoms with Gasteiger partial charge >= 0.3 is 25.1 Å². The van der Waals surface area contributed by atoms with Crippen LogP contribution in [0.15, 0.2) is 0 Å². The average molecular weight is 360 g/mol. The molecule has 0 atom stereocenters. The molecule has 8 nitrogen and oxygen atoms in total.